The maximum absolute atomic E-state index is 11.9. The van der Waals surface area contributed by atoms with E-state index in [1.165, 1.54) is 0 Å². The predicted molar refractivity (Wildman–Crippen MR) is 88.9 cm³/mol. The van der Waals surface area contributed by atoms with E-state index in [1.54, 1.807) is 25.4 Å². The molecule has 1 heterocycles. The number of methoxy groups -OCH3 is 1. The van der Waals surface area contributed by atoms with Crippen LogP contribution in [0.2, 0.25) is 0 Å². The normalized spacial score (nSPS) is 10.1. The van der Waals surface area contributed by atoms with Gasteiger partial charge in [0.15, 0.2) is 0 Å². The summed E-state index contributed by atoms with van der Waals surface area (Å²) < 4.78 is 10.7. The molecule has 0 atom stereocenters. The van der Waals surface area contributed by atoms with E-state index in [4.69, 9.17) is 9.47 Å². The van der Waals surface area contributed by atoms with Crippen LogP contribution in [0.4, 0.5) is 10.5 Å². The van der Waals surface area contributed by atoms with Crippen LogP contribution in [-0.4, -0.2) is 31.3 Å². The highest BCUT2D eigenvalue weighted by molar-refractivity contribution is 5.90. The maximum Gasteiger partial charge on any atom is 0.319 e. The van der Waals surface area contributed by atoms with Gasteiger partial charge in [-0.2, -0.15) is 0 Å². The number of nitrogens with zero attached hydrogens (tertiary/aromatic N) is 1. The topological polar surface area (TPSA) is 72.5 Å². The number of carbonyl (C=O) groups is 1. The highest BCUT2D eigenvalue weighted by atomic mass is 16.5. The summed E-state index contributed by atoms with van der Waals surface area (Å²) >= 11 is 0. The van der Waals surface area contributed by atoms with Gasteiger partial charge in [-0.25, -0.2) is 9.78 Å². The average Bonchev–Trinajstić information content (AvgIpc) is 2.57. The van der Waals surface area contributed by atoms with Gasteiger partial charge in [-0.1, -0.05) is 18.2 Å². The van der Waals surface area contributed by atoms with Crippen LogP contribution in [0, 0.1) is 0 Å². The fourth-order valence-corrected chi connectivity index (χ4v) is 1.91. The summed E-state index contributed by atoms with van der Waals surface area (Å²) in [5, 5.41) is 5.55. The van der Waals surface area contributed by atoms with E-state index < -0.39 is 0 Å². The van der Waals surface area contributed by atoms with Crippen molar-refractivity contribution in [3.05, 3.63) is 48.7 Å². The summed E-state index contributed by atoms with van der Waals surface area (Å²) in [4.78, 5) is 16.1. The smallest absolute Gasteiger partial charge is 0.319 e. The Bertz CT molecular complexity index is 605. The van der Waals surface area contributed by atoms with Crippen LogP contribution in [0.3, 0.4) is 0 Å². The first-order valence-corrected chi connectivity index (χ1v) is 7.51. The van der Waals surface area contributed by atoms with Gasteiger partial charge in [-0.15, -0.1) is 0 Å². The molecule has 0 spiro atoms. The minimum Gasteiger partial charge on any atom is -0.437 e. The third-order valence-electron chi connectivity index (χ3n) is 3.04. The summed E-state index contributed by atoms with van der Waals surface area (Å²) in [6.45, 7) is 1.28. The van der Waals surface area contributed by atoms with E-state index in [1.807, 2.05) is 30.3 Å². The molecule has 23 heavy (non-hydrogen) atoms. The zero-order valence-corrected chi connectivity index (χ0v) is 13.1. The molecule has 6 heteroatoms. The Morgan fingerprint density at radius 2 is 1.96 bits per heavy atom. The molecular weight excluding hydrogens is 294 g/mol. The van der Waals surface area contributed by atoms with E-state index in [2.05, 4.69) is 15.6 Å². The maximum atomic E-state index is 11.9. The molecule has 2 amide bonds. The second-order valence-corrected chi connectivity index (χ2v) is 4.85. The van der Waals surface area contributed by atoms with Crippen molar-refractivity contribution in [2.75, 3.05) is 25.6 Å². The monoisotopic (exact) mass is 315 g/mol. The highest BCUT2D eigenvalue weighted by Crippen LogP contribution is 2.26. The van der Waals surface area contributed by atoms with Gasteiger partial charge < -0.3 is 20.1 Å². The fraction of sp³-hybridized carbons (Fsp3) is 0.294. The number of amides is 2. The van der Waals surface area contributed by atoms with Crippen molar-refractivity contribution in [2.45, 2.75) is 12.8 Å². The lowest BCUT2D eigenvalue weighted by Gasteiger charge is -2.11. The molecule has 6 nitrogen and oxygen atoms in total. The molecule has 0 aliphatic heterocycles. The van der Waals surface area contributed by atoms with Crippen molar-refractivity contribution in [3.8, 4) is 11.6 Å². The molecule has 0 bridgehead atoms. The molecule has 0 aliphatic carbocycles. The van der Waals surface area contributed by atoms with Crippen LogP contribution in [-0.2, 0) is 4.74 Å². The fourth-order valence-electron chi connectivity index (χ4n) is 1.91. The molecule has 0 unspecified atom stereocenters. The van der Waals surface area contributed by atoms with E-state index >= 15 is 0 Å². The summed E-state index contributed by atoms with van der Waals surface area (Å²) in [5.74, 6) is 1.02. The Morgan fingerprint density at radius 3 is 2.74 bits per heavy atom. The van der Waals surface area contributed by atoms with E-state index in [9.17, 15) is 4.79 Å². The van der Waals surface area contributed by atoms with Crippen molar-refractivity contribution >= 4 is 11.7 Å². The van der Waals surface area contributed by atoms with Crippen LogP contribution in [0.15, 0.2) is 48.7 Å². The van der Waals surface area contributed by atoms with Gasteiger partial charge in [0.1, 0.15) is 11.4 Å². The molecular formula is C17H21N3O3. The number of hydrogen-bond donors (Lipinski definition) is 2. The molecule has 2 aromatic rings. The average molecular weight is 315 g/mol. The van der Waals surface area contributed by atoms with E-state index in [-0.39, 0.29) is 6.03 Å². The molecule has 0 fully saturated rings. The first-order chi connectivity index (χ1) is 11.3. The first kappa shape index (κ1) is 16.8. The quantitative estimate of drug-likeness (QED) is 0.732. The van der Waals surface area contributed by atoms with Crippen molar-refractivity contribution < 1.29 is 14.3 Å². The summed E-state index contributed by atoms with van der Waals surface area (Å²) in [6, 6.07) is 12.5. The van der Waals surface area contributed by atoms with Crippen LogP contribution in [0.5, 0.6) is 11.6 Å². The van der Waals surface area contributed by atoms with Gasteiger partial charge in [0.05, 0.1) is 0 Å². The Kier molecular flexibility index (Phi) is 6.87. The van der Waals surface area contributed by atoms with Crippen molar-refractivity contribution in [3.63, 3.8) is 0 Å². The largest absolute Gasteiger partial charge is 0.437 e. The molecule has 2 rings (SSSR count). The summed E-state index contributed by atoms with van der Waals surface area (Å²) in [5.41, 5.74) is 0.519. The van der Waals surface area contributed by atoms with Crippen molar-refractivity contribution in [2.24, 2.45) is 0 Å². The Balaban J connectivity index is 1.88. The number of para-hydroxylation sites is 1. The molecule has 1 aromatic carbocycles. The highest BCUT2D eigenvalue weighted by Gasteiger charge is 2.09. The van der Waals surface area contributed by atoms with E-state index in [0.29, 0.717) is 30.5 Å². The number of nitrogens with one attached hydrogen (secondary N) is 2. The van der Waals surface area contributed by atoms with Crippen LogP contribution in [0.1, 0.15) is 12.8 Å². The molecule has 2 N–H and O–H groups in total. The number of rotatable bonds is 8. The van der Waals surface area contributed by atoms with Gasteiger partial charge in [-0.3, -0.25) is 0 Å². The molecule has 0 saturated heterocycles. The van der Waals surface area contributed by atoms with Crippen LogP contribution in [0.25, 0.3) is 0 Å². The lowest BCUT2D eigenvalue weighted by atomic mass is 10.3. The minimum absolute atomic E-state index is 0.284. The number of hydrogen-bond acceptors (Lipinski definition) is 4. The van der Waals surface area contributed by atoms with Crippen molar-refractivity contribution in [1.82, 2.24) is 10.3 Å². The molecule has 122 valence electrons. The lowest BCUT2D eigenvalue weighted by Crippen LogP contribution is -2.29. The third-order valence-corrected chi connectivity index (χ3v) is 3.04. The van der Waals surface area contributed by atoms with Crippen LogP contribution >= 0.6 is 0 Å². The SMILES string of the molecule is COCCCCNC(=O)Nc1cccnc1Oc1ccccc1. The predicted octanol–water partition coefficient (Wildman–Crippen LogP) is 3.42. The van der Waals surface area contributed by atoms with Gasteiger partial charge in [0.2, 0.25) is 5.88 Å². The number of urea groups is 1. The van der Waals surface area contributed by atoms with Crippen molar-refractivity contribution in [1.29, 1.82) is 0 Å². The number of carbonyl (C=O) groups excluding carboxylic acids is 1. The van der Waals surface area contributed by atoms with Crippen LogP contribution < -0.4 is 15.4 Å². The lowest BCUT2D eigenvalue weighted by molar-refractivity contribution is 0.192. The number of pyridine rings is 1. The number of unbranched alkanes of at least 4 members (excludes halogenated alkanes) is 1. The number of aromatic nitrogens is 1. The van der Waals surface area contributed by atoms with Gasteiger partial charge in [-0.05, 0) is 37.1 Å². The minimum atomic E-state index is -0.284. The van der Waals surface area contributed by atoms with E-state index in [0.717, 1.165) is 12.8 Å². The summed E-state index contributed by atoms with van der Waals surface area (Å²) in [7, 11) is 1.66. The number of ether oxygens (including phenoxy) is 2. The molecule has 0 aliphatic rings. The Labute approximate surface area is 135 Å². The standard InChI is InChI=1S/C17H21N3O3/c1-22-13-6-5-11-19-17(21)20-15-10-7-12-18-16(15)23-14-8-3-2-4-9-14/h2-4,7-10,12H,5-6,11,13H2,1H3,(H2,19,20,21). The third kappa shape index (κ3) is 5.96. The molecule has 0 saturated carbocycles. The molecule has 0 radical (unpaired) electrons. The second-order valence-electron chi connectivity index (χ2n) is 4.85. The number of benzene rings is 1. The molecule has 1 aromatic heterocycles. The second kappa shape index (κ2) is 9.42. The Morgan fingerprint density at radius 1 is 1.13 bits per heavy atom. The zero-order valence-electron chi connectivity index (χ0n) is 13.1. The van der Waals surface area contributed by atoms with Gasteiger partial charge in [0.25, 0.3) is 0 Å². The van der Waals surface area contributed by atoms with Gasteiger partial charge in [0, 0.05) is 26.5 Å². The number of anilines is 1. The van der Waals surface area contributed by atoms with Gasteiger partial charge >= 0.3 is 6.03 Å². The zero-order chi connectivity index (χ0) is 16.3. The summed E-state index contributed by atoms with van der Waals surface area (Å²) in [6.07, 6.45) is 3.39. The first-order valence-electron chi connectivity index (χ1n) is 7.51. The Hall–Kier alpha value is -2.60.